The number of allylic oxidation sites excluding steroid dienone is 3. The quantitative estimate of drug-likeness (QED) is 0.0371. The van der Waals surface area contributed by atoms with Crippen LogP contribution < -0.4 is 5.32 Å². The molecule has 0 saturated heterocycles. The van der Waals surface area contributed by atoms with E-state index in [1.807, 2.05) is 6.08 Å². The molecule has 5 heteroatoms. The molecule has 0 aliphatic heterocycles. The van der Waals surface area contributed by atoms with Gasteiger partial charge in [0.25, 0.3) is 0 Å². The molecule has 0 aromatic heterocycles. The third-order valence-electron chi connectivity index (χ3n) is 10.7. The first-order chi connectivity index (χ1) is 25.5. The van der Waals surface area contributed by atoms with Crippen molar-refractivity contribution in [2.24, 2.45) is 0 Å². The van der Waals surface area contributed by atoms with Crippen LogP contribution in [0.3, 0.4) is 0 Å². The molecule has 0 rings (SSSR count). The van der Waals surface area contributed by atoms with Gasteiger partial charge in [0.1, 0.15) is 0 Å². The summed E-state index contributed by atoms with van der Waals surface area (Å²) in [5, 5.41) is 33.2. The van der Waals surface area contributed by atoms with Crippen LogP contribution in [0.25, 0.3) is 0 Å². The molecule has 0 aliphatic rings. The smallest absolute Gasteiger partial charge is 0.222 e. The monoisotopic (exact) mass is 734 g/mol. The summed E-state index contributed by atoms with van der Waals surface area (Å²) in [6, 6.07) is -0.757. The van der Waals surface area contributed by atoms with Crippen LogP contribution in [0.5, 0.6) is 0 Å². The fourth-order valence-corrected chi connectivity index (χ4v) is 7.18. The molecular weight excluding hydrogens is 643 g/mol. The third-order valence-corrected chi connectivity index (χ3v) is 10.7. The molecule has 5 nitrogen and oxygen atoms in total. The average molecular weight is 734 g/mol. The van der Waals surface area contributed by atoms with Crippen LogP contribution in [-0.4, -0.2) is 46.1 Å². The van der Waals surface area contributed by atoms with Crippen molar-refractivity contribution in [2.75, 3.05) is 6.61 Å². The third kappa shape index (κ3) is 38.6. The number of carbonyl (C=O) groups excluding carboxylic acids is 1. The van der Waals surface area contributed by atoms with E-state index < -0.39 is 18.2 Å². The van der Waals surface area contributed by atoms with Gasteiger partial charge < -0.3 is 20.6 Å². The van der Waals surface area contributed by atoms with Crippen molar-refractivity contribution in [1.29, 1.82) is 0 Å². The van der Waals surface area contributed by atoms with Gasteiger partial charge in [-0.15, -0.1) is 0 Å². The second kappa shape index (κ2) is 42.6. The molecule has 0 saturated carbocycles. The van der Waals surface area contributed by atoms with Gasteiger partial charge in [0.15, 0.2) is 0 Å². The molecule has 0 aromatic rings. The molecule has 1 amide bonds. The molecule has 3 atom stereocenters. The Hall–Kier alpha value is -1.17. The van der Waals surface area contributed by atoms with Crippen molar-refractivity contribution in [3.8, 4) is 0 Å². The fourth-order valence-electron chi connectivity index (χ4n) is 7.18. The topological polar surface area (TPSA) is 89.8 Å². The number of hydrogen-bond acceptors (Lipinski definition) is 4. The molecule has 0 radical (unpaired) electrons. The number of nitrogens with one attached hydrogen (secondary N) is 1. The lowest BCUT2D eigenvalue weighted by Crippen LogP contribution is -2.45. The van der Waals surface area contributed by atoms with Gasteiger partial charge >= 0.3 is 0 Å². The summed E-state index contributed by atoms with van der Waals surface area (Å²) in [6.07, 6.45) is 51.9. The van der Waals surface area contributed by atoms with Crippen LogP contribution in [-0.2, 0) is 4.79 Å². The summed E-state index contributed by atoms with van der Waals surface area (Å²) in [6.45, 7) is 4.22. The highest BCUT2D eigenvalue weighted by molar-refractivity contribution is 5.76. The zero-order valence-corrected chi connectivity index (χ0v) is 35.0. The van der Waals surface area contributed by atoms with Gasteiger partial charge in [-0.05, 0) is 32.1 Å². The summed E-state index contributed by atoms with van der Waals surface area (Å²) in [4.78, 5) is 12.4. The predicted molar refractivity (Wildman–Crippen MR) is 227 cm³/mol. The van der Waals surface area contributed by atoms with Crippen LogP contribution in [0.1, 0.15) is 245 Å². The molecule has 4 N–H and O–H groups in total. The number of aliphatic hydroxyl groups is 3. The Kier molecular flexibility index (Phi) is 41.6. The van der Waals surface area contributed by atoms with Gasteiger partial charge in [0.05, 0.1) is 31.3 Å². The molecular formula is C47H91NO4. The second-order valence-electron chi connectivity index (χ2n) is 16.0. The number of rotatable bonds is 42. The van der Waals surface area contributed by atoms with Gasteiger partial charge in [-0.2, -0.15) is 0 Å². The standard InChI is InChI=1S/C47H91NO4/c1-3-5-7-9-11-13-15-17-19-21-22-23-24-25-27-29-31-33-35-37-39-41-46(51)45(43-49)48-47(52)42-44(50)40-38-36-34-32-30-28-26-20-18-16-14-12-10-8-6-4-2/h31,33,39,41,44-46,49-51H,3-30,32,34-38,40,42-43H2,1-2H3,(H,48,52)/b33-31+,41-39+. The van der Waals surface area contributed by atoms with E-state index in [1.165, 1.54) is 186 Å². The number of carbonyl (C=O) groups is 1. The van der Waals surface area contributed by atoms with E-state index in [9.17, 15) is 20.1 Å². The molecule has 0 heterocycles. The highest BCUT2D eigenvalue weighted by atomic mass is 16.3. The number of hydrogen-bond donors (Lipinski definition) is 4. The summed E-state index contributed by atoms with van der Waals surface area (Å²) < 4.78 is 0. The van der Waals surface area contributed by atoms with Crippen LogP contribution in [0, 0.1) is 0 Å². The Balaban J connectivity index is 3.67. The first-order valence-electron chi connectivity index (χ1n) is 23.1. The molecule has 0 fully saturated rings. The van der Waals surface area contributed by atoms with E-state index in [-0.39, 0.29) is 18.9 Å². The Bertz CT molecular complexity index is 768. The minimum absolute atomic E-state index is 0.00975. The maximum atomic E-state index is 12.4. The second-order valence-corrected chi connectivity index (χ2v) is 16.0. The Morgan fingerprint density at radius 2 is 0.827 bits per heavy atom. The van der Waals surface area contributed by atoms with Gasteiger partial charge in [-0.3, -0.25) is 4.79 Å². The first kappa shape index (κ1) is 50.8. The van der Waals surface area contributed by atoms with E-state index in [1.54, 1.807) is 6.08 Å². The molecule has 308 valence electrons. The maximum Gasteiger partial charge on any atom is 0.222 e. The number of unbranched alkanes of at least 4 members (excludes halogenated alkanes) is 31. The van der Waals surface area contributed by atoms with E-state index >= 15 is 0 Å². The molecule has 0 aliphatic carbocycles. The average Bonchev–Trinajstić information content (AvgIpc) is 3.14. The lowest BCUT2D eigenvalue weighted by atomic mass is 10.0. The molecule has 0 spiro atoms. The van der Waals surface area contributed by atoms with Gasteiger partial charge in [0, 0.05) is 0 Å². The van der Waals surface area contributed by atoms with E-state index in [0.717, 1.165) is 32.1 Å². The maximum absolute atomic E-state index is 12.4. The fraction of sp³-hybridized carbons (Fsp3) is 0.894. The molecule has 0 aromatic carbocycles. The first-order valence-corrected chi connectivity index (χ1v) is 23.1. The van der Waals surface area contributed by atoms with Crippen LogP contribution >= 0.6 is 0 Å². The highest BCUT2D eigenvalue weighted by Crippen LogP contribution is 2.16. The Morgan fingerprint density at radius 3 is 1.23 bits per heavy atom. The number of aliphatic hydroxyl groups excluding tert-OH is 3. The SMILES string of the molecule is CCCCCCCCCCCCCCCCC/C=C/CC/C=C/C(O)C(CO)NC(=O)CC(O)CCCCCCCCCCCCCCCCCC. The van der Waals surface area contributed by atoms with Gasteiger partial charge in [-0.25, -0.2) is 0 Å². The summed E-state index contributed by atoms with van der Waals surface area (Å²) >= 11 is 0. The molecule has 52 heavy (non-hydrogen) atoms. The van der Waals surface area contributed by atoms with E-state index in [4.69, 9.17) is 0 Å². The Morgan fingerprint density at radius 1 is 0.481 bits per heavy atom. The van der Waals surface area contributed by atoms with Crippen LogP contribution in [0.2, 0.25) is 0 Å². The van der Waals surface area contributed by atoms with Gasteiger partial charge in [0.2, 0.25) is 5.91 Å². The minimum atomic E-state index is -0.948. The zero-order chi connectivity index (χ0) is 38.0. The summed E-state index contributed by atoms with van der Waals surface area (Å²) in [5.41, 5.74) is 0. The van der Waals surface area contributed by atoms with Crippen molar-refractivity contribution in [3.05, 3.63) is 24.3 Å². The molecule has 0 bridgehead atoms. The van der Waals surface area contributed by atoms with Crippen molar-refractivity contribution in [2.45, 2.75) is 263 Å². The largest absolute Gasteiger partial charge is 0.394 e. The highest BCUT2D eigenvalue weighted by Gasteiger charge is 2.20. The summed E-state index contributed by atoms with van der Waals surface area (Å²) in [7, 11) is 0. The Labute approximate surface area is 324 Å². The van der Waals surface area contributed by atoms with Gasteiger partial charge in [-0.1, -0.05) is 231 Å². The van der Waals surface area contributed by atoms with Crippen molar-refractivity contribution >= 4 is 5.91 Å². The molecule has 3 unspecified atom stereocenters. The minimum Gasteiger partial charge on any atom is -0.394 e. The zero-order valence-electron chi connectivity index (χ0n) is 35.0. The van der Waals surface area contributed by atoms with Crippen LogP contribution in [0.15, 0.2) is 24.3 Å². The van der Waals surface area contributed by atoms with Crippen molar-refractivity contribution in [1.82, 2.24) is 5.32 Å². The van der Waals surface area contributed by atoms with Crippen molar-refractivity contribution < 1.29 is 20.1 Å². The summed E-state index contributed by atoms with van der Waals surface area (Å²) in [5.74, 6) is -0.322. The van der Waals surface area contributed by atoms with E-state index in [0.29, 0.717) is 6.42 Å². The van der Waals surface area contributed by atoms with Crippen molar-refractivity contribution in [3.63, 3.8) is 0 Å². The van der Waals surface area contributed by atoms with Crippen LogP contribution in [0.4, 0.5) is 0 Å². The van der Waals surface area contributed by atoms with E-state index in [2.05, 4.69) is 31.3 Å². The normalized spacial score (nSPS) is 13.7. The predicted octanol–water partition coefficient (Wildman–Crippen LogP) is 13.4. The lowest BCUT2D eigenvalue weighted by molar-refractivity contribution is -0.124. The number of amides is 1. The lowest BCUT2D eigenvalue weighted by Gasteiger charge is -2.21.